The highest BCUT2D eigenvalue weighted by Crippen LogP contribution is 2.24. The molecule has 0 atom stereocenters. The van der Waals surface area contributed by atoms with Crippen LogP contribution in [0.4, 0.5) is 10.1 Å². The SMILES string of the molecule is Cc1cccc(-n2nc(C(=O)Nc3ccccc3Cl)nc2-c2ccc(F)cc2)c1. The summed E-state index contributed by atoms with van der Waals surface area (Å²) >= 11 is 6.12. The Labute approximate surface area is 171 Å². The normalized spacial score (nSPS) is 10.7. The van der Waals surface area contributed by atoms with E-state index in [1.807, 2.05) is 31.2 Å². The van der Waals surface area contributed by atoms with E-state index in [9.17, 15) is 9.18 Å². The van der Waals surface area contributed by atoms with E-state index in [0.29, 0.717) is 22.1 Å². The van der Waals surface area contributed by atoms with Crippen LogP contribution < -0.4 is 5.32 Å². The molecule has 5 nitrogen and oxygen atoms in total. The van der Waals surface area contributed by atoms with Gasteiger partial charge in [-0.25, -0.2) is 14.1 Å². The third-order valence-corrected chi connectivity index (χ3v) is 4.61. The fourth-order valence-corrected chi connectivity index (χ4v) is 3.06. The molecule has 0 fully saturated rings. The molecule has 7 heteroatoms. The van der Waals surface area contributed by atoms with Crippen LogP contribution in [0.2, 0.25) is 5.02 Å². The lowest BCUT2D eigenvalue weighted by Gasteiger charge is -2.06. The Balaban J connectivity index is 1.78. The molecule has 0 spiro atoms. The number of hydrogen-bond donors (Lipinski definition) is 1. The number of benzene rings is 3. The molecule has 1 amide bonds. The number of aryl methyl sites for hydroxylation is 1. The van der Waals surface area contributed by atoms with Crippen molar-refractivity contribution in [2.45, 2.75) is 6.92 Å². The summed E-state index contributed by atoms with van der Waals surface area (Å²) in [6.07, 6.45) is 0. The van der Waals surface area contributed by atoms with Gasteiger partial charge in [0.15, 0.2) is 5.82 Å². The number of carbonyl (C=O) groups excluding carboxylic acids is 1. The minimum absolute atomic E-state index is 0.0225. The van der Waals surface area contributed by atoms with E-state index in [-0.39, 0.29) is 11.6 Å². The van der Waals surface area contributed by atoms with E-state index < -0.39 is 5.91 Å². The highest BCUT2D eigenvalue weighted by molar-refractivity contribution is 6.33. The Morgan fingerprint density at radius 1 is 1.03 bits per heavy atom. The zero-order chi connectivity index (χ0) is 20.4. The molecule has 1 aromatic heterocycles. The molecule has 29 heavy (non-hydrogen) atoms. The minimum Gasteiger partial charge on any atom is -0.318 e. The number of amides is 1. The van der Waals surface area contributed by atoms with Crippen molar-refractivity contribution < 1.29 is 9.18 Å². The molecule has 144 valence electrons. The highest BCUT2D eigenvalue weighted by Gasteiger charge is 2.19. The zero-order valence-corrected chi connectivity index (χ0v) is 16.2. The van der Waals surface area contributed by atoms with Crippen molar-refractivity contribution in [1.82, 2.24) is 14.8 Å². The van der Waals surface area contributed by atoms with Gasteiger partial charge in [-0.15, -0.1) is 5.10 Å². The van der Waals surface area contributed by atoms with Crippen LogP contribution in [0.5, 0.6) is 0 Å². The Bertz CT molecular complexity index is 1190. The van der Waals surface area contributed by atoms with Crippen molar-refractivity contribution >= 4 is 23.2 Å². The predicted molar refractivity (Wildman–Crippen MR) is 111 cm³/mol. The van der Waals surface area contributed by atoms with Crippen molar-refractivity contribution in [3.05, 3.63) is 95.0 Å². The number of nitrogens with one attached hydrogen (secondary N) is 1. The van der Waals surface area contributed by atoms with Gasteiger partial charge in [0.2, 0.25) is 5.82 Å². The summed E-state index contributed by atoms with van der Waals surface area (Å²) in [6, 6.07) is 20.4. The lowest BCUT2D eigenvalue weighted by molar-refractivity contribution is 0.101. The number of carbonyl (C=O) groups is 1. The Kier molecular flexibility index (Phi) is 5.10. The van der Waals surface area contributed by atoms with Crippen molar-refractivity contribution in [2.24, 2.45) is 0 Å². The van der Waals surface area contributed by atoms with E-state index in [1.165, 1.54) is 12.1 Å². The maximum absolute atomic E-state index is 13.4. The number of rotatable bonds is 4. The fraction of sp³-hybridized carbons (Fsp3) is 0.0455. The summed E-state index contributed by atoms with van der Waals surface area (Å²) in [7, 11) is 0. The predicted octanol–water partition coefficient (Wildman–Crippen LogP) is 5.29. The van der Waals surface area contributed by atoms with Crippen LogP contribution in [-0.2, 0) is 0 Å². The monoisotopic (exact) mass is 406 g/mol. The Hall–Kier alpha value is -3.51. The first-order valence-corrected chi connectivity index (χ1v) is 9.25. The number of para-hydroxylation sites is 1. The van der Waals surface area contributed by atoms with Gasteiger partial charge in [0.05, 0.1) is 16.4 Å². The first-order valence-electron chi connectivity index (χ1n) is 8.87. The van der Waals surface area contributed by atoms with Crippen LogP contribution in [0.1, 0.15) is 16.2 Å². The molecule has 4 rings (SSSR count). The molecule has 0 radical (unpaired) electrons. The summed E-state index contributed by atoms with van der Waals surface area (Å²) in [5.74, 6) is -0.439. The lowest BCUT2D eigenvalue weighted by Crippen LogP contribution is -2.14. The van der Waals surface area contributed by atoms with Gasteiger partial charge in [-0.3, -0.25) is 4.79 Å². The van der Waals surface area contributed by atoms with Crippen molar-refractivity contribution in [3.63, 3.8) is 0 Å². The van der Waals surface area contributed by atoms with Gasteiger partial charge in [-0.05, 0) is 61.0 Å². The molecular formula is C22H16ClFN4O. The zero-order valence-electron chi connectivity index (χ0n) is 15.4. The summed E-state index contributed by atoms with van der Waals surface area (Å²) in [5.41, 5.74) is 2.88. The van der Waals surface area contributed by atoms with Gasteiger partial charge in [0.25, 0.3) is 5.91 Å². The number of aromatic nitrogens is 3. The van der Waals surface area contributed by atoms with E-state index in [0.717, 1.165) is 11.3 Å². The first-order chi connectivity index (χ1) is 14.0. The highest BCUT2D eigenvalue weighted by atomic mass is 35.5. The average Bonchev–Trinajstić information content (AvgIpc) is 3.16. The maximum atomic E-state index is 13.4. The molecule has 0 aliphatic heterocycles. The molecule has 3 aromatic carbocycles. The molecule has 0 bridgehead atoms. The van der Waals surface area contributed by atoms with Crippen LogP contribution in [0.15, 0.2) is 72.8 Å². The molecule has 0 aliphatic rings. The Morgan fingerprint density at radius 2 is 1.79 bits per heavy atom. The van der Waals surface area contributed by atoms with Crippen LogP contribution in [0.3, 0.4) is 0 Å². The number of hydrogen-bond acceptors (Lipinski definition) is 3. The fourth-order valence-electron chi connectivity index (χ4n) is 2.87. The van der Waals surface area contributed by atoms with Gasteiger partial charge in [0.1, 0.15) is 5.82 Å². The quantitative estimate of drug-likeness (QED) is 0.501. The molecule has 0 aliphatic carbocycles. The average molecular weight is 407 g/mol. The summed E-state index contributed by atoms with van der Waals surface area (Å²) in [6.45, 7) is 1.96. The van der Waals surface area contributed by atoms with Crippen LogP contribution >= 0.6 is 11.6 Å². The van der Waals surface area contributed by atoms with E-state index >= 15 is 0 Å². The summed E-state index contributed by atoms with van der Waals surface area (Å²) in [4.78, 5) is 17.2. The van der Waals surface area contributed by atoms with Crippen molar-refractivity contribution in [3.8, 4) is 17.1 Å². The molecule has 0 saturated carbocycles. The van der Waals surface area contributed by atoms with Crippen LogP contribution in [-0.4, -0.2) is 20.7 Å². The van der Waals surface area contributed by atoms with Gasteiger partial charge in [-0.1, -0.05) is 35.9 Å². The number of anilines is 1. The van der Waals surface area contributed by atoms with Crippen LogP contribution in [0, 0.1) is 12.7 Å². The third kappa shape index (κ3) is 4.02. The second kappa shape index (κ2) is 7.85. The molecule has 0 saturated heterocycles. The Morgan fingerprint density at radius 3 is 2.52 bits per heavy atom. The maximum Gasteiger partial charge on any atom is 0.295 e. The molecule has 4 aromatic rings. The third-order valence-electron chi connectivity index (χ3n) is 4.28. The van der Waals surface area contributed by atoms with E-state index in [2.05, 4.69) is 15.4 Å². The topological polar surface area (TPSA) is 59.8 Å². The van der Waals surface area contributed by atoms with Crippen molar-refractivity contribution in [1.29, 1.82) is 0 Å². The standard InChI is InChI=1S/C22H16ClFN4O/c1-14-5-4-6-17(13-14)28-21(15-9-11-16(24)12-10-15)26-20(27-28)22(29)25-19-8-3-2-7-18(19)23/h2-13H,1H3,(H,25,29). The van der Waals surface area contributed by atoms with Gasteiger partial charge in [-0.2, -0.15) is 0 Å². The lowest BCUT2D eigenvalue weighted by atomic mass is 10.2. The molecule has 1 heterocycles. The van der Waals surface area contributed by atoms with Crippen LogP contribution in [0.25, 0.3) is 17.1 Å². The number of nitrogens with zero attached hydrogens (tertiary/aromatic N) is 3. The molecular weight excluding hydrogens is 391 g/mol. The number of halogens is 2. The van der Waals surface area contributed by atoms with Gasteiger partial charge < -0.3 is 5.32 Å². The van der Waals surface area contributed by atoms with E-state index in [1.54, 1.807) is 41.1 Å². The smallest absolute Gasteiger partial charge is 0.295 e. The largest absolute Gasteiger partial charge is 0.318 e. The second-order valence-corrected chi connectivity index (χ2v) is 6.86. The first kappa shape index (κ1) is 18.8. The van der Waals surface area contributed by atoms with Gasteiger partial charge >= 0.3 is 0 Å². The van der Waals surface area contributed by atoms with E-state index in [4.69, 9.17) is 11.6 Å². The molecule has 1 N–H and O–H groups in total. The summed E-state index contributed by atoms with van der Waals surface area (Å²) < 4.78 is 14.9. The van der Waals surface area contributed by atoms with Crippen molar-refractivity contribution in [2.75, 3.05) is 5.32 Å². The second-order valence-electron chi connectivity index (χ2n) is 6.45. The molecule has 0 unspecified atom stereocenters. The van der Waals surface area contributed by atoms with Gasteiger partial charge in [0, 0.05) is 5.56 Å². The minimum atomic E-state index is -0.493. The summed E-state index contributed by atoms with van der Waals surface area (Å²) in [5, 5.41) is 7.54.